The fourth-order valence-electron chi connectivity index (χ4n) is 3.64. The van der Waals surface area contributed by atoms with E-state index in [0.29, 0.717) is 11.9 Å². The molecule has 1 saturated carbocycles. The first-order chi connectivity index (χ1) is 11.7. The van der Waals surface area contributed by atoms with Gasteiger partial charge in [-0.05, 0) is 55.7 Å². The third-order valence-electron chi connectivity index (χ3n) is 4.93. The van der Waals surface area contributed by atoms with Gasteiger partial charge in [-0.1, -0.05) is 0 Å². The van der Waals surface area contributed by atoms with Gasteiger partial charge in [-0.25, -0.2) is 4.98 Å². The summed E-state index contributed by atoms with van der Waals surface area (Å²) in [6.07, 6.45) is 4.60. The number of fused-ring (bicyclic) bond motifs is 1. The summed E-state index contributed by atoms with van der Waals surface area (Å²) in [6.45, 7) is 5.78. The summed E-state index contributed by atoms with van der Waals surface area (Å²) in [4.78, 5) is 11.9. The molecular formula is C16H21ClN4O2S. The van der Waals surface area contributed by atoms with E-state index in [1.165, 1.54) is 11.5 Å². The Morgan fingerprint density at radius 3 is 2.67 bits per heavy atom. The molecular weight excluding hydrogens is 348 g/mol. The molecule has 8 heteroatoms. The van der Waals surface area contributed by atoms with E-state index in [4.69, 9.17) is 21.1 Å². The average Bonchev–Trinajstić information content (AvgIpc) is 2.97. The van der Waals surface area contributed by atoms with Crippen molar-refractivity contribution in [1.82, 2.24) is 19.2 Å². The van der Waals surface area contributed by atoms with Crippen LogP contribution >= 0.6 is 23.1 Å². The highest BCUT2D eigenvalue weighted by atomic mass is 35.5. The van der Waals surface area contributed by atoms with Crippen molar-refractivity contribution in [3.63, 3.8) is 0 Å². The number of aryl methyl sites for hydroxylation is 1. The van der Waals surface area contributed by atoms with Crippen LogP contribution in [0.5, 0.6) is 5.88 Å². The molecule has 1 aliphatic carbocycles. The molecule has 1 aliphatic heterocycles. The van der Waals surface area contributed by atoms with Crippen molar-refractivity contribution in [3.05, 3.63) is 11.0 Å². The summed E-state index contributed by atoms with van der Waals surface area (Å²) in [5, 5.41) is 1.13. The zero-order valence-electron chi connectivity index (χ0n) is 13.7. The van der Waals surface area contributed by atoms with Crippen molar-refractivity contribution in [1.29, 1.82) is 0 Å². The molecule has 0 radical (unpaired) electrons. The van der Waals surface area contributed by atoms with Crippen LogP contribution < -0.4 is 4.74 Å². The van der Waals surface area contributed by atoms with Crippen LogP contribution in [-0.4, -0.2) is 57.7 Å². The first-order valence-electron chi connectivity index (χ1n) is 8.48. The van der Waals surface area contributed by atoms with Gasteiger partial charge in [-0.2, -0.15) is 9.36 Å². The average molecular weight is 369 g/mol. The van der Waals surface area contributed by atoms with Crippen LogP contribution in [0.2, 0.25) is 5.28 Å². The predicted octanol–water partition coefficient (Wildman–Crippen LogP) is 3.07. The van der Waals surface area contributed by atoms with E-state index in [1.54, 1.807) is 0 Å². The van der Waals surface area contributed by atoms with Gasteiger partial charge in [0.25, 0.3) is 0 Å². The van der Waals surface area contributed by atoms with E-state index in [-0.39, 0.29) is 11.4 Å². The van der Waals surface area contributed by atoms with E-state index in [9.17, 15) is 0 Å². The quantitative estimate of drug-likeness (QED) is 0.776. The van der Waals surface area contributed by atoms with Crippen LogP contribution in [0.15, 0.2) is 0 Å². The number of rotatable bonds is 3. The summed E-state index contributed by atoms with van der Waals surface area (Å²) >= 11 is 7.37. The van der Waals surface area contributed by atoms with Crippen molar-refractivity contribution >= 4 is 33.4 Å². The van der Waals surface area contributed by atoms with Crippen LogP contribution in [0.4, 0.5) is 0 Å². The molecule has 0 unspecified atom stereocenters. The molecule has 0 aromatic carbocycles. The van der Waals surface area contributed by atoms with Crippen molar-refractivity contribution < 1.29 is 9.47 Å². The van der Waals surface area contributed by atoms with Gasteiger partial charge in [0.1, 0.15) is 6.10 Å². The number of hydrogen-bond donors (Lipinski definition) is 0. The Kier molecular flexibility index (Phi) is 4.85. The molecule has 0 spiro atoms. The summed E-state index contributed by atoms with van der Waals surface area (Å²) in [6, 6.07) is 0.660. The Bertz CT molecular complexity index is 711. The fourth-order valence-corrected chi connectivity index (χ4v) is 4.62. The fraction of sp³-hybridized carbons (Fsp3) is 0.688. The maximum Gasteiger partial charge on any atom is 0.228 e. The van der Waals surface area contributed by atoms with Gasteiger partial charge in [0.2, 0.25) is 11.2 Å². The first kappa shape index (κ1) is 16.4. The second-order valence-electron chi connectivity index (χ2n) is 6.44. The zero-order chi connectivity index (χ0) is 16.5. The number of halogens is 1. The van der Waals surface area contributed by atoms with Gasteiger partial charge in [-0.15, -0.1) is 0 Å². The molecule has 0 atom stereocenters. The maximum atomic E-state index is 6.21. The van der Waals surface area contributed by atoms with E-state index in [0.717, 1.165) is 67.9 Å². The molecule has 0 amide bonds. The van der Waals surface area contributed by atoms with E-state index in [2.05, 4.69) is 19.2 Å². The number of nitrogens with zero attached hydrogens (tertiary/aromatic N) is 4. The topological polar surface area (TPSA) is 60.4 Å². The lowest BCUT2D eigenvalue weighted by Gasteiger charge is -2.38. The van der Waals surface area contributed by atoms with Crippen LogP contribution in [-0.2, 0) is 4.74 Å². The summed E-state index contributed by atoms with van der Waals surface area (Å²) in [5.74, 6) is 0.589. The largest absolute Gasteiger partial charge is 0.474 e. The highest BCUT2D eigenvalue weighted by Crippen LogP contribution is 2.33. The highest BCUT2D eigenvalue weighted by Gasteiger charge is 2.28. The lowest BCUT2D eigenvalue weighted by molar-refractivity contribution is -0.00126. The SMILES string of the molecule is Cc1nsc2nc(Cl)nc(OC3CCC(N4CCOCC4)CC3)c12. The summed E-state index contributed by atoms with van der Waals surface area (Å²) in [7, 11) is 0. The Balaban J connectivity index is 1.43. The van der Waals surface area contributed by atoms with Crippen molar-refractivity contribution in [2.45, 2.75) is 44.8 Å². The van der Waals surface area contributed by atoms with Gasteiger partial charge in [0, 0.05) is 19.1 Å². The Morgan fingerprint density at radius 1 is 1.17 bits per heavy atom. The van der Waals surface area contributed by atoms with Crippen molar-refractivity contribution in [2.75, 3.05) is 26.3 Å². The third-order valence-corrected chi connectivity index (χ3v) is 5.93. The molecule has 0 bridgehead atoms. The third kappa shape index (κ3) is 3.35. The molecule has 2 aromatic rings. The van der Waals surface area contributed by atoms with Crippen molar-refractivity contribution in [2.24, 2.45) is 0 Å². The minimum atomic E-state index is 0.191. The van der Waals surface area contributed by atoms with Crippen LogP contribution in [0.25, 0.3) is 10.2 Å². The molecule has 2 fully saturated rings. The number of hydrogen-bond acceptors (Lipinski definition) is 7. The second-order valence-corrected chi connectivity index (χ2v) is 7.53. The summed E-state index contributed by atoms with van der Waals surface area (Å²) < 4.78 is 16.0. The molecule has 2 aliphatic rings. The molecule has 2 aromatic heterocycles. The van der Waals surface area contributed by atoms with E-state index in [1.807, 2.05) is 6.92 Å². The highest BCUT2D eigenvalue weighted by molar-refractivity contribution is 7.13. The standard InChI is InChI=1S/C16H21ClN4O2S/c1-10-13-14(18-16(17)19-15(13)24-20-10)23-12-4-2-11(3-5-12)21-6-8-22-9-7-21/h11-12H,2-9H2,1H3. The Labute approximate surface area is 150 Å². The number of morpholine rings is 1. The molecule has 4 rings (SSSR count). The molecule has 24 heavy (non-hydrogen) atoms. The van der Waals surface area contributed by atoms with Crippen LogP contribution in [0.1, 0.15) is 31.4 Å². The maximum absolute atomic E-state index is 6.21. The van der Waals surface area contributed by atoms with Gasteiger partial charge >= 0.3 is 0 Å². The number of aromatic nitrogens is 3. The minimum absolute atomic E-state index is 0.191. The normalized spacial score (nSPS) is 25.9. The molecule has 3 heterocycles. The predicted molar refractivity (Wildman–Crippen MR) is 94.0 cm³/mol. The molecule has 130 valence electrons. The molecule has 6 nitrogen and oxygen atoms in total. The molecule has 0 N–H and O–H groups in total. The summed E-state index contributed by atoms with van der Waals surface area (Å²) in [5.41, 5.74) is 0.906. The Hall–Kier alpha value is -1.02. The van der Waals surface area contributed by atoms with Gasteiger partial charge < -0.3 is 9.47 Å². The second kappa shape index (κ2) is 7.07. The Morgan fingerprint density at radius 2 is 1.92 bits per heavy atom. The van der Waals surface area contributed by atoms with Crippen LogP contribution in [0.3, 0.4) is 0 Å². The van der Waals surface area contributed by atoms with Gasteiger partial charge in [0.05, 0.1) is 24.3 Å². The monoisotopic (exact) mass is 368 g/mol. The number of ether oxygens (including phenoxy) is 2. The van der Waals surface area contributed by atoms with E-state index >= 15 is 0 Å². The lowest BCUT2D eigenvalue weighted by atomic mass is 9.91. The smallest absolute Gasteiger partial charge is 0.228 e. The first-order valence-corrected chi connectivity index (χ1v) is 9.64. The van der Waals surface area contributed by atoms with Gasteiger partial charge in [-0.3, -0.25) is 4.90 Å². The van der Waals surface area contributed by atoms with Crippen molar-refractivity contribution in [3.8, 4) is 5.88 Å². The molecule has 1 saturated heterocycles. The zero-order valence-corrected chi connectivity index (χ0v) is 15.3. The lowest BCUT2D eigenvalue weighted by Crippen LogP contribution is -2.46. The van der Waals surface area contributed by atoms with Crippen LogP contribution in [0, 0.1) is 6.92 Å². The minimum Gasteiger partial charge on any atom is -0.474 e. The van der Waals surface area contributed by atoms with E-state index < -0.39 is 0 Å². The van der Waals surface area contributed by atoms with Gasteiger partial charge in [0.15, 0.2) is 4.83 Å².